The van der Waals surface area contributed by atoms with Crippen molar-refractivity contribution >= 4 is 11.6 Å². The van der Waals surface area contributed by atoms with Gasteiger partial charge in [-0.1, -0.05) is 0 Å². The van der Waals surface area contributed by atoms with E-state index in [0.29, 0.717) is 18.1 Å². The van der Waals surface area contributed by atoms with Crippen LogP contribution < -0.4 is 0 Å². The van der Waals surface area contributed by atoms with E-state index in [1.54, 1.807) is 24.0 Å². The number of nitrogens with one attached hydrogen (secondary N) is 1. The lowest BCUT2D eigenvalue weighted by molar-refractivity contribution is -0.384. The Morgan fingerprint density at radius 2 is 2.29 bits per heavy atom. The number of H-pyrrole nitrogens is 1. The zero-order valence-electron chi connectivity index (χ0n) is 12.1. The van der Waals surface area contributed by atoms with Crippen LogP contribution >= 0.6 is 0 Å². The maximum atomic E-state index is 12.5. The summed E-state index contributed by atoms with van der Waals surface area (Å²) < 4.78 is 1.61. The van der Waals surface area contributed by atoms with E-state index < -0.39 is 4.92 Å². The van der Waals surface area contributed by atoms with Gasteiger partial charge in [0.05, 0.1) is 17.7 Å². The molecule has 0 spiro atoms. The molecule has 0 saturated heterocycles. The summed E-state index contributed by atoms with van der Waals surface area (Å²) in [5.41, 5.74) is 0.212. The first-order valence-corrected chi connectivity index (χ1v) is 6.50. The Hall–Kier alpha value is -2.64. The van der Waals surface area contributed by atoms with E-state index in [-0.39, 0.29) is 17.6 Å². The van der Waals surface area contributed by atoms with Crippen LogP contribution in [0.2, 0.25) is 0 Å². The highest BCUT2D eigenvalue weighted by atomic mass is 16.6. The molecule has 8 heteroatoms. The monoisotopic (exact) mass is 291 g/mol. The number of aromatic nitrogens is 3. The van der Waals surface area contributed by atoms with Gasteiger partial charge in [0, 0.05) is 31.5 Å². The molecule has 0 saturated carbocycles. The Labute approximate surface area is 121 Å². The first-order valence-electron chi connectivity index (χ1n) is 6.50. The molecule has 0 radical (unpaired) electrons. The molecule has 8 nitrogen and oxygen atoms in total. The largest absolute Gasteiger partial charge is 0.347 e. The average molecular weight is 291 g/mol. The topological polar surface area (TPSA) is 97.1 Å². The summed E-state index contributed by atoms with van der Waals surface area (Å²) in [4.78, 5) is 31.3. The summed E-state index contributed by atoms with van der Waals surface area (Å²) in [5, 5.41) is 10.9. The molecule has 0 atom stereocenters. The van der Waals surface area contributed by atoms with Gasteiger partial charge >= 0.3 is 0 Å². The van der Waals surface area contributed by atoms with Gasteiger partial charge in [-0.25, -0.2) is 4.98 Å². The number of nitrogens with zero attached hydrogens (tertiary/aromatic N) is 4. The molecule has 0 unspecified atom stereocenters. The molecule has 2 aromatic heterocycles. The number of imidazole rings is 1. The summed E-state index contributed by atoms with van der Waals surface area (Å²) in [5.74, 6) is 0.371. The van der Waals surface area contributed by atoms with Gasteiger partial charge in [-0.3, -0.25) is 14.9 Å². The van der Waals surface area contributed by atoms with Crippen LogP contribution in [0.25, 0.3) is 0 Å². The Morgan fingerprint density at radius 1 is 1.57 bits per heavy atom. The van der Waals surface area contributed by atoms with Crippen molar-refractivity contribution in [2.75, 3.05) is 7.05 Å². The zero-order chi connectivity index (χ0) is 15.6. The second-order valence-electron chi connectivity index (χ2n) is 5.04. The fourth-order valence-electron chi connectivity index (χ4n) is 2.04. The molecule has 0 bridgehead atoms. The molecule has 0 aliphatic heterocycles. The zero-order valence-corrected chi connectivity index (χ0v) is 12.1. The van der Waals surface area contributed by atoms with Gasteiger partial charge < -0.3 is 14.5 Å². The van der Waals surface area contributed by atoms with E-state index >= 15 is 0 Å². The number of carbonyl (C=O) groups excluding carboxylic acids is 1. The minimum Gasteiger partial charge on any atom is -0.347 e. The third-order valence-corrected chi connectivity index (χ3v) is 3.11. The van der Waals surface area contributed by atoms with Gasteiger partial charge in [-0.2, -0.15) is 0 Å². The van der Waals surface area contributed by atoms with Crippen molar-refractivity contribution < 1.29 is 9.72 Å². The highest BCUT2D eigenvalue weighted by molar-refractivity contribution is 5.93. The minimum atomic E-state index is -0.498. The smallest absolute Gasteiger partial charge is 0.287 e. The van der Waals surface area contributed by atoms with Crippen LogP contribution in [-0.4, -0.2) is 37.3 Å². The number of amides is 1. The Bertz CT molecular complexity index is 645. The van der Waals surface area contributed by atoms with Gasteiger partial charge in [0.25, 0.3) is 11.6 Å². The van der Waals surface area contributed by atoms with Gasteiger partial charge in [0.15, 0.2) is 0 Å². The molecule has 2 heterocycles. The van der Waals surface area contributed by atoms with Crippen LogP contribution in [0.4, 0.5) is 5.69 Å². The molecule has 2 rings (SSSR count). The van der Waals surface area contributed by atoms with Crippen molar-refractivity contribution in [2.45, 2.75) is 26.4 Å². The van der Waals surface area contributed by atoms with E-state index in [2.05, 4.69) is 9.97 Å². The average Bonchev–Trinajstić information content (AvgIpc) is 3.06. The van der Waals surface area contributed by atoms with Gasteiger partial charge in [-0.05, 0) is 13.8 Å². The van der Waals surface area contributed by atoms with Gasteiger partial charge in [0.1, 0.15) is 11.5 Å². The second-order valence-corrected chi connectivity index (χ2v) is 5.04. The van der Waals surface area contributed by atoms with Crippen LogP contribution in [0, 0.1) is 10.1 Å². The molecule has 21 heavy (non-hydrogen) atoms. The van der Waals surface area contributed by atoms with Gasteiger partial charge in [-0.15, -0.1) is 0 Å². The number of hydrogen-bond donors (Lipinski definition) is 1. The van der Waals surface area contributed by atoms with E-state index in [9.17, 15) is 14.9 Å². The van der Waals surface area contributed by atoms with Crippen LogP contribution in [0.5, 0.6) is 0 Å². The molecular formula is C13H17N5O3. The van der Waals surface area contributed by atoms with Gasteiger partial charge in [0.2, 0.25) is 0 Å². The lowest BCUT2D eigenvalue weighted by Crippen LogP contribution is -2.29. The number of aromatic amines is 1. The predicted octanol–water partition coefficient (Wildman–Crippen LogP) is 1.97. The van der Waals surface area contributed by atoms with Crippen LogP contribution in [0.3, 0.4) is 0 Å². The first kappa shape index (κ1) is 14.8. The molecule has 0 aliphatic carbocycles. The van der Waals surface area contributed by atoms with Crippen molar-refractivity contribution in [3.8, 4) is 0 Å². The molecular weight excluding hydrogens is 274 g/mol. The quantitative estimate of drug-likeness (QED) is 0.672. The predicted molar refractivity (Wildman–Crippen MR) is 75.9 cm³/mol. The molecule has 1 N–H and O–H groups in total. The minimum absolute atomic E-state index is 0.0466. The van der Waals surface area contributed by atoms with E-state index in [0.717, 1.165) is 0 Å². The Balaban J connectivity index is 2.27. The number of carbonyl (C=O) groups is 1. The number of nitro groups is 1. The molecule has 1 amide bonds. The second kappa shape index (κ2) is 5.78. The third-order valence-electron chi connectivity index (χ3n) is 3.11. The molecule has 0 aliphatic rings. The highest BCUT2D eigenvalue weighted by Gasteiger charge is 2.23. The normalized spacial score (nSPS) is 10.9. The fourth-order valence-corrected chi connectivity index (χ4v) is 2.04. The summed E-state index contributed by atoms with van der Waals surface area (Å²) >= 11 is 0. The standard InChI is InChI=1S/C13H17N5O3/c1-9(2)17-7-10(18(20)21)6-11(17)13(19)16(3)8-12-14-4-5-15-12/h4-7,9H,8H2,1-3H3,(H,14,15). The molecule has 0 fully saturated rings. The number of hydrogen-bond acceptors (Lipinski definition) is 4. The maximum absolute atomic E-state index is 12.5. The molecule has 0 aromatic carbocycles. The van der Waals surface area contributed by atoms with Crippen LogP contribution in [0.15, 0.2) is 24.7 Å². The van der Waals surface area contributed by atoms with Crippen molar-refractivity contribution in [2.24, 2.45) is 0 Å². The Kier molecular flexibility index (Phi) is 4.06. The molecule has 112 valence electrons. The van der Waals surface area contributed by atoms with Crippen molar-refractivity contribution in [3.63, 3.8) is 0 Å². The highest BCUT2D eigenvalue weighted by Crippen LogP contribution is 2.22. The summed E-state index contributed by atoms with van der Waals surface area (Å²) in [6.45, 7) is 4.04. The summed E-state index contributed by atoms with van der Waals surface area (Å²) in [6, 6.07) is 1.26. The van der Waals surface area contributed by atoms with E-state index in [4.69, 9.17) is 0 Å². The fraction of sp³-hybridized carbons (Fsp3) is 0.385. The summed E-state index contributed by atoms with van der Waals surface area (Å²) in [7, 11) is 1.63. The number of rotatable bonds is 5. The maximum Gasteiger partial charge on any atom is 0.287 e. The lowest BCUT2D eigenvalue weighted by atomic mass is 10.3. The van der Waals surface area contributed by atoms with Crippen molar-refractivity contribution in [1.29, 1.82) is 0 Å². The Morgan fingerprint density at radius 3 is 2.81 bits per heavy atom. The van der Waals surface area contributed by atoms with E-state index in [1.807, 2.05) is 13.8 Å². The lowest BCUT2D eigenvalue weighted by Gasteiger charge is -2.18. The van der Waals surface area contributed by atoms with Crippen LogP contribution in [0.1, 0.15) is 36.2 Å². The summed E-state index contributed by atoms with van der Waals surface area (Å²) in [6.07, 6.45) is 4.67. The molecule has 2 aromatic rings. The SMILES string of the molecule is CC(C)n1cc([N+](=O)[O-])cc1C(=O)N(C)Cc1ncc[nH]1. The van der Waals surface area contributed by atoms with E-state index in [1.165, 1.54) is 17.2 Å². The first-order chi connectivity index (χ1) is 9.90. The van der Waals surface area contributed by atoms with Crippen molar-refractivity contribution in [1.82, 2.24) is 19.4 Å². The third kappa shape index (κ3) is 3.10. The van der Waals surface area contributed by atoms with Crippen molar-refractivity contribution in [3.05, 3.63) is 46.3 Å². The van der Waals surface area contributed by atoms with Crippen LogP contribution in [-0.2, 0) is 6.54 Å².